The molecule has 0 bridgehead atoms. The van der Waals surface area contributed by atoms with Gasteiger partial charge in [-0.3, -0.25) is 4.90 Å². The molecule has 0 aromatic carbocycles. The van der Waals surface area contributed by atoms with Gasteiger partial charge in [-0.05, 0) is 33.6 Å². The van der Waals surface area contributed by atoms with E-state index in [-0.39, 0.29) is 13.0 Å². The van der Waals surface area contributed by atoms with Gasteiger partial charge in [0.05, 0.1) is 12.5 Å². The van der Waals surface area contributed by atoms with E-state index < -0.39 is 23.2 Å². The molecule has 0 aliphatic heterocycles. The second kappa shape index (κ2) is 4.84. The van der Waals surface area contributed by atoms with Gasteiger partial charge in [-0.2, -0.15) is 5.26 Å². The average molecular weight is 254 g/mol. The number of carboxylic acids is 1. The average Bonchev–Trinajstić information content (AvgIpc) is 2.96. The fraction of sp³-hybridized carbons (Fsp3) is 0.750. The van der Waals surface area contributed by atoms with Crippen molar-refractivity contribution in [2.24, 2.45) is 0 Å². The largest absolute Gasteiger partial charge is 0.479 e. The quantitative estimate of drug-likeness (QED) is 0.825. The van der Waals surface area contributed by atoms with Crippen LogP contribution in [0.5, 0.6) is 0 Å². The van der Waals surface area contributed by atoms with E-state index in [1.54, 1.807) is 20.8 Å². The first-order chi connectivity index (χ1) is 8.23. The fourth-order valence-electron chi connectivity index (χ4n) is 1.68. The van der Waals surface area contributed by atoms with Crippen molar-refractivity contribution < 1.29 is 19.4 Å². The Balaban J connectivity index is 2.83. The minimum Gasteiger partial charge on any atom is -0.479 e. The summed E-state index contributed by atoms with van der Waals surface area (Å²) < 4.78 is 5.19. The SMILES string of the molecule is CC(C)(C)OC(=O)N(CCC#N)C1(C(=O)O)CC1. The van der Waals surface area contributed by atoms with Crippen molar-refractivity contribution in [1.29, 1.82) is 5.26 Å². The van der Waals surface area contributed by atoms with Gasteiger partial charge in [-0.25, -0.2) is 9.59 Å². The van der Waals surface area contributed by atoms with Gasteiger partial charge < -0.3 is 9.84 Å². The zero-order valence-electron chi connectivity index (χ0n) is 10.9. The summed E-state index contributed by atoms with van der Waals surface area (Å²) in [5, 5.41) is 17.8. The molecule has 1 rings (SSSR count). The summed E-state index contributed by atoms with van der Waals surface area (Å²) in [6.07, 6.45) is 0.242. The summed E-state index contributed by atoms with van der Waals surface area (Å²) in [5.74, 6) is -1.04. The van der Waals surface area contributed by atoms with Crippen LogP contribution in [0.3, 0.4) is 0 Å². The molecular formula is C12H18N2O4. The van der Waals surface area contributed by atoms with E-state index in [2.05, 4.69) is 0 Å². The Kier molecular flexibility index (Phi) is 3.85. The van der Waals surface area contributed by atoms with E-state index in [0.29, 0.717) is 12.8 Å². The van der Waals surface area contributed by atoms with Crippen LogP contribution >= 0.6 is 0 Å². The number of amides is 1. The van der Waals surface area contributed by atoms with E-state index in [1.165, 1.54) is 4.90 Å². The lowest BCUT2D eigenvalue weighted by Gasteiger charge is -2.31. The van der Waals surface area contributed by atoms with E-state index in [0.717, 1.165) is 0 Å². The molecule has 1 fully saturated rings. The van der Waals surface area contributed by atoms with Crippen molar-refractivity contribution in [2.75, 3.05) is 6.54 Å². The Hall–Kier alpha value is -1.77. The smallest absolute Gasteiger partial charge is 0.411 e. The molecule has 0 saturated heterocycles. The first kappa shape index (κ1) is 14.3. The minimum absolute atomic E-state index is 0.0811. The van der Waals surface area contributed by atoms with Crippen LogP contribution in [0.4, 0.5) is 4.79 Å². The van der Waals surface area contributed by atoms with Gasteiger partial charge in [0, 0.05) is 6.54 Å². The first-order valence-corrected chi connectivity index (χ1v) is 5.84. The van der Waals surface area contributed by atoms with Crippen LogP contribution < -0.4 is 0 Å². The van der Waals surface area contributed by atoms with Gasteiger partial charge in [0.15, 0.2) is 0 Å². The van der Waals surface area contributed by atoms with Crippen LogP contribution in [0.1, 0.15) is 40.0 Å². The van der Waals surface area contributed by atoms with Crippen LogP contribution in [0.25, 0.3) is 0 Å². The molecule has 18 heavy (non-hydrogen) atoms. The summed E-state index contributed by atoms with van der Waals surface area (Å²) in [6.45, 7) is 5.23. The standard InChI is InChI=1S/C12H18N2O4/c1-11(2,3)18-10(17)14(8-4-7-13)12(5-6-12)9(15)16/h4-6,8H2,1-3H3,(H,15,16). The number of aliphatic carboxylic acids is 1. The van der Waals surface area contributed by atoms with Crippen LogP contribution in [-0.4, -0.2) is 39.8 Å². The van der Waals surface area contributed by atoms with Crippen molar-refractivity contribution in [3.05, 3.63) is 0 Å². The topological polar surface area (TPSA) is 90.6 Å². The summed E-state index contributed by atoms with van der Waals surface area (Å²) in [4.78, 5) is 24.4. The Morgan fingerprint density at radius 2 is 2.00 bits per heavy atom. The number of carbonyl (C=O) groups is 2. The lowest BCUT2D eigenvalue weighted by atomic mass is 10.2. The third kappa shape index (κ3) is 3.13. The third-order valence-corrected chi connectivity index (χ3v) is 2.70. The molecule has 0 radical (unpaired) electrons. The number of hydrogen-bond acceptors (Lipinski definition) is 4. The normalized spacial score (nSPS) is 16.6. The second-order valence-corrected chi connectivity index (χ2v) is 5.38. The number of carboxylic acid groups (broad SMARTS) is 1. The lowest BCUT2D eigenvalue weighted by Crippen LogP contribution is -2.49. The molecule has 0 unspecified atom stereocenters. The second-order valence-electron chi connectivity index (χ2n) is 5.38. The number of nitrogens with zero attached hydrogens (tertiary/aromatic N) is 2. The van der Waals surface area contributed by atoms with Crippen LogP contribution in [0.15, 0.2) is 0 Å². The molecule has 100 valence electrons. The van der Waals surface area contributed by atoms with E-state index in [4.69, 9.17) is 10.00 Å². The highest BCUT2D eigenvalue weighted by Crippen LogP contribution is 2.42. The molecule has 6 nitrogen and oxygen atoms in total. The van der Waals surface area contributed by atoms with E-state index >= 15 is 0 Å². The van der Waals surface area contributed by atoms with Gasteiger partial charge in [0.2, 0.25) is 0 Å². The van der Waals surface area contributed by atoms with Crippen LogP contribution in [0.2, 0.25) is 0 Å². The van der Waals surface area contributed by atoms with Crippen molar-refractivity contribution in [3.8, 4) is 6.07 Å². The van der Waals surface area contributed by atoms with Gasteiger partial charge in [-0.15, -0.1) is 0 Å². The maximum absolute atomic E-state index is 12.0. The lowest BCUT2D eigenvalue weighted by molar-refractivity contribution is -0.145. The predicted molar refractivity (Wildman–Crippen MR) is 62.8 cm³/mol. The molecule has 0 heterocycles. The predicted octanol–water partition coefficient (Wildman–Crippen LogP) is 1.75. The number of ether oxygens (including phenoxy) is 1. The van der Waals surface area contributed by atoms with Crippen LogP contribution in [0, 0.1) is 11.3 Å². The van der Waals surface area contributed by atoms with E-state index in [1.807, 2.05) is 6.07 Å². The zero-order valence-corrected chi connectivity index (χ0v) is 10.9. The molecule has 1 aliphatic carbocycles. The molecule has 0 aromatic heterocycles. The Morgan fingerprint density at radius 3 is 2.33 bits per heavy atom. The third-order valence-electron chi connectivity index (χ3n) is 2.70. The number of nitriles is 1. The molecule has 0 aromatic rings. The van der Waals surface area contributed by atoms with Crippen molar-refractivity contribution in [1.82, 2.24) is 4.90 Å². The highest BCUT2D eigenvalue weighted by molar-refractivity contribution is 5.87. The summed E-state index contributed by atoms with van der Waals surface area (Å²) in [6, 6.07) is 1.91. The summed E-state index contributed by atoms with van der Waals surface area (Å²) in [5.41, 5.74) is -1.85. The number of carbonyl (C=O) groups excluding carboxylic acids is 1. The molecular weight excluding hydrogens is 236 g/mol. The van der Waals surface area contributed by atoms with Gasteiger partial charge >= 0.3 is 12.1 Å². The fourth-order valence-corrected chi connectivity index (χ4v) is 1.68. The maximum Gasteiger partial charge on any atom is 0.411 e. The van der Waals surface area contributed by atoms with Gasteiger partial charge in [0.25, 0.3) is 0 Å². The Labute approximate surface area is 106 Å². The molecule has 1 saturated carbocycles. The molecule has 0 spiro atoms. The van der Waals surface area contributed by atoms with Crippen molar-refractivity contribution in [2.45, 2.75) is 51.2 Å². The van der Waals surface area contributed by atoms with E-state index in [9.17, 15) is 14.7 Å². The number of rotatable bonds is 4. The number of hydrogen-bond donors (Lipinski definition) is 1. The molecule has 1 aliphatic rings. The summed E-state index contributed by atoms with van der Waals surface area (Å²) >= 11 is 0. The summed E-state index contributed by atoms with van der Waals surface area (Å²) in [7, 11) is 0. The first-order valence-electron chi connectivity index (χ1n) is 5.84. The Morgan fingerprint density at radius 1 is 1.44 bits per heavy atom. The monoisotopic (exact) mass is 254 g/mol. The molecule has 1 N–H and O–H groups in total. The van der Waals surface area contributed by atoms with Gasteiger partial charge in [-0.1, -0.05) is 0 Å². The molecule has 0 atom stereocenters. The van der Waals surface area contributed by atoms with Crippen molar-refractivity contribution >= 4 is 12.1 Å². The minimum atomic E-state index is -1.17. The van der Waals surface area contributed by atoms with Crippen molar-refractivity contribution in [3.63, 3.8) is 0 Å². The maximum atomic E-state index is 12.0. The molecule has 1 amide bonds. The van der Waals surface area contributed by atoms with Gasteiger partial charge in [0.1, 0.15) is 11.1 Å². The zero-order chi connectivity index (χ0) is 14.0. The molecule has 6 heteroatoms. The van der Waals surface area contributed by atoms with Crippen LogP contribution in [-0.2, 0) is 9.53 Å². The Bertz CT molecular complexity index is 388. The highest BCUT2D eigenvalue weighted by atomic mass is 16.6. The highest BCUT2D eigenvalue weighted by Gasteiger charge is 2.57.